The molecular weight excluding hydrogens is 450 g/mol. The first-order valence-electron chi connectivity index (χ1n) is 12.5. The zero-order valence-corrected chi connectivity index (χ0v) is 20.6. The van der Waals surface area contributed by atoms with Gasteiger partial charge in [0.25, 0.3) is 0 Å². The smallest absolute Gasteiger partial charge is 0.320 e. The third-order valence-corrected chi connectivity index (χ3v) is 7.12. The molecule has 0 unspecified atom stereocenters. The summed E-state index contributed by atoms with van der Waals surface area (Å²) in [7, 11) is 3.22. The minimum absolute atomic E-state index is 0.0933. The number of pyridine rings is 1. The first-order chi connectivity index (χ1) is 17.1. The van der Waals surface area contributed by atoms with Gasteiger partial charge in [-0.1, -0.05) is 0 Å². The van der Waals surface area contributed by atoms with Crippen LogP contribution < -0.4 is 24.8 Å². The van der Waals surface area contributed by atoms with Gasteiger partial charge < -0.3 is 39.4 Å². The van der Waals surface area contributed by atoms with Gasteiger partial charge in [-0.3, -0.25) is 0 Å². The largest absolute Gasteiger partial charge is 0.493 e. The van der Waals surface area contributed by atoms with Crippen LogP contribution in [0.4, 0.5) is 16.3 Å². The summed E-state index contributed by atoms with van der Waals surface area (Å²) in [5.41, 5.74) is 7.90. The molecule has 1 aromatic carbocycles. The van der Waals surface area contributed by atoms with Crippen molar-refractivity contribution >= 4 is 28.4 Å². The van der Waals surface area contributed by atoms with Crippen LogP contribution in [-0.2, 0) is 4.74 Å². The molecule has 0 radical (unpaired) electrons. The molecule has 0 bridgehead atoms. The number of carbonyl (C=O) groups is 1. The molecule has 10 heteroatoms. The van der Waals surface area contributed by atoms with E-state index in [4.69, 9.17) is 29.7 Å². The normalized spacial score (nSPS) is 19.3. The number of hydrogen-bond donors (Lipinski definition) is 1. The van der Waals surface area contributed by atoms with Crippen LogP contribution in [0.2, 0.25) is 0 Å². The van der Waals surface area contributed by atoms with Crippen molar-refractivity contribution in [3.8, 4) is 17.2 Å². The highest BCUT2D eigenvalue weighted by Crippen LogP contribution is 2.47. The zero-order chi connectivity index (χ0) is 24.4. The number of benzene rings is 1. The second-order valence-corrected chi connectivity index (χ2v) is 9.29. The molecule has 1 saturated carbocycles. The van der Waals surface area contributed by atoms with Gasteiger partial charge in [0.15, 0.2) is 11.5 Å². The van der Waals surface area contributed by atoms with Gasteiger partial charge in [-0.05, 0) is 25.7 Å². The van der Waals surface area contributed by atoms with Crippen molar-refractivity contribution in [3.63, 3.8) is 0 Å². The van der Waals surface area contributed by atoms with Gasteiger partial charge in [-0.15, -0.1) is 0 Å². The standard InChI is InChI=1S/C25H35N5O5/c1-32-20-16-19-22(24(23(20)33-2)35-17-5-3-6-17)18(26)15-21(27-19)28-7-4-8-29(10-9-28)25(31)30-11-13-34-14-12-30/h15-17H,3-14H2,1-2H3,(H2,26,27). The van der Waals surface area contributed by atoms with Crippen molar-refractivity contribution in [3.05, 3.63) is 12.1 Å². The molecule has 1 aromatic heterocycles. The van der Waals surface area contributed by atoms with E-state index in [0.29, 0.717) is 67.8 Å². The molecular formula is C25H35N5O5. The highest BCUT2D eigenvalue weighted by molar-refractivity contribution is 6.00. The summed E-state index contributed by atoms with van der Waals surface area (Å²) in [5, 5.41) is 0.747. The van der Waals surface area contributed by atoms with Crippen LogP contribution in [0.15, 0.2) is 12.1 Å². The summed E-state index contributed by atoms with van der Waals surface area (Å²) in [5.74, 6) is 2.50. The third kappa shape index (κ3) is 4.71. The van der Waals surface area contributed by atoms with E-state index >= 15 is 0 Å². The first-order valence-corrected chi connectivity index (χ1v) is 12.5. The van der Waals surface area contributed by atoms with Crippen LogP contribution in [0, 0.1) is 0 Å². The lowest BCUT2D eigenvalue weighted by Crippen LogP contribution is -2.49. The minimum Gasteiger partial charge on any atom is -0.493 e. The number of urea groups is 1. The maximum atomic E-state index is 13.0. The summed E-state index contributed by atoms with van der Waals surface area (Å²) >= 11 is 0. The first kappa shape index (κ1) is 23.6. The Kier molecular flexibility index (Phi) is 6.90. The molecule has 35 heavy (non-hydrogen) atoms. The second kappa shape index (κ2) is 10.2. The highest BCUT2D eigenvalue weighted by atomic mass is 16.5. The van der Waals surface area contributed by atoms with E-state index in [-0.39, 0.29) is 12.1 Å². The number of carbonyl (C=O) groups excluding carboxylic acids is 1. The van der Waals surface area contributed by atoms with Crippen LogP contribution >= 0.6 is 0 Å². The monoisotopic (exact) mass is 485 g/mol. The molecule has 1 aliphatic carbocycles. The Hall–Kier alpha value is -3.14. The van der Waals surface area contributed by atoms with Gasteiger partial charge in [0.05, 0.1) is 44.4 Å². The number of methoxy groups -OCH3 is 2. The molecule has 2 saturated heterocycles. The molecule has 2 aromatic rings. The number of anilines is 2. The van der Waals surface area contributed by atoms with Gasteiger partial charge in [-0.25, -0.2) is 9.78 Å². The summed E-state index contributed by atoms with van der Waals surface area (Å²) in [4.78, 5) is 23.9. The molecule has 3 fully saturated rings. The second-order valence-electron chi connectivity index (χ2n) is 9.29. The van der Waals surface area contributed by atoms with Gasteiger partial charge in [0.1, 0.15) is 5.82 Å². The van der Waals surface area contributed by atoms with Crippen LogP contribution in [-0.4, -0.2) is 93.6 Å². The van der Waals surface area contributed by atoms with Crippen molar-refractivity contribution in [2.45, 2.75) is 31.8 Å². The Morgan fingerprint density at radius 3 is 2.43 bits per heavy atom. The lowest BCUT2D eigenvalue weighted by Gasteiger charge is -2.32. The maximum absolute atomic E-state index is 13.0. The molecule has 2 aliphatic heterocycles. The van der Waals surface area contributed by atoms with E-state index in [0.717, 1.165) is 50.0 Å². The fraction of sp³-hybridized carbons (Fsp3) is 0.600. The lowest BCUT2D eigenvalue weighted by atomic mass is 9.96. The van der Waals surface area contributed by atoms with E-state index in [1.54, 1.807) is 14.2 Å². The Balaban J connectivity index is 1.41. The number of ether oxygens (including phenoxy) is 4. The molecule has 5 rings (SSSR count). The zero-order valence-electron chi connectivity index (χ0n) is 20.6. The van der Waals surface area contributed by atoms with Crippen molar-refractivity contribution in [2.75, 3.05) is 77.3 Å². The van der Waals surface area contributed by atoms with Gasteiger partial charge >= 0.3 is 6.03 Å². The Labute approximate surface area is 205 Å². The Morgan fingerprint density at radius 1 is 0.971 bits per heavy atom. The Morgan fingerprint density at radius 2 is 1.74 bits per heavy atom. The van der Waals surface area contributed by atoms with Crippen LogP contribution in [0.5, 0.6) is 17.2 Å². The van der Waals surface area contributed by atoms with Crippen molar-refractivity contribution in [1.29, 1.82) is 0 Å². The molecule has 2 amide bonds. The predicted molar refractivity (Wildman–Crippen MR) is 134 cm³/mol. The van der Waals surface area contributed by atoms with E-state index in [1.807, 2.05) is 21.9 Å². The van der Waals surface area contributed by atoms with Crippen LogP contribution in [0.25, 0.3) is 10.9 Å². The highest BCUT2D eigenvalue weighted by Gasteiger charge is 2.28. The summed E-state index contributed by atoms with van der Waals surface area (Å²) in [6.07, 6.45) is 4.20. The van der Waals surface area contributed by atoms with Crippen molar-refractivity contribution < 1.29 is 23.7 Å². The number of fused-ring (bicyclic) bond motifs is 1. The SMILES string of the molecule is COc1cc2nc(N3CCCN(C(=O)N4CCOCC4)CC3)cc(N)c2c(OC2CCC2)c1OC. The number of nitrogens with zero attached hydrogens (tertiary/aromatic N) is 4. The summed E-state index contributed by atoms with van der Waals surface area (Å²) in [6, 6.07) is 3.85. The topological polar surface area (TPSA) is 103 Å². The Bertz CT molecular complexity index is 1070. The maximum Gasteiger partial charge on any atom is 0.320 e. The number of nitrogen functional groups attached to an aromatic ring is 1. The number of morpholine rings is 1. The van der Waals surface area contributed by atoms with Gasteiger partial charge in [0.2, 0.25) is 5.75 Å². The molecule has 10 nitrogen and oxygen atoms in total. The number of nitrogens with two attached hydrogens (primary N) is 1. The van der Waals surface area contributed by atoms with E-state index < -0.39 is 0 Å². The molecule has 3 heterocycles. The molecule has 190 valence electrons. The van der Waals surface area contributed by atoms with E-state index in [9.17, 15) is 4.79 Å². The summed E-state index contributed by atoms with van der Waals surface area (Å²) in [6.45, 7) is 5.35. The number of aromatic nitrogens is 1. The minimum atomic E-state index is 0.0933. The fourth-order valence-corrected chi connectivity index (χ4v) is 4.90. The van der Waals surface area contributed by atoms with Crippen LogP contribution in [0.1, 0.15) is 25.7 Å². The number of hydrogen-bond acceptors (Lipinski definition) is 8. The molecule has 0 spiro atoms. The van der Waals surface area contributed by atoms with Crippen LogP contribution in [0.3, 0.4) is 0 Å². The average Bonchev–Trinajstić information content (AvgIpc) is 3.11. The van der Waals surface area contributed by atoms with E-state index in [1.165, 1.54) is 0 Å². The number of rotatable bonds is 5. The van der Waals surface area contributed by atoms with E-state index in [2.05, 4.69) is 4.90 Å². The number of amides is 2. The van der Waals surface area contributed by atoms with Gasteiger partial charge in [-0.2, -0.15) is 0 Å². The predicted octanol–water partition coefficient (Wildman–Crippen LogP) is 2.73. The van der Waals surface area contributed by atoms with Gasteiger partial charge in [0, 0.05) is 57.1 Å². The fourth-order valence-electron chi connectivity index (χ4n) is 4.90. The molecule has 0 atom stereocenters. The van der Waals surface area contributed by atoms with Crippen molar-refractivity contribution in [2.24, 2.45) is 0 Å². The summed E-state index contributed by atoms with van der Waals surface area (Å²) < 4.78 is 23.0. The van der Waals surface area contributed by atoms with Crippen molar-refractivity contribution in [1.82, 2.24) is 14.8 Å². The lowest BCUT2D eigenvalue weighted by molar-refractivity contribution is 0.0438. The third-order valence-electron chi connectivity index (χ3n) is 7.12. The average molecular weight is 486 g/mol. The molecule has 3 aliphatic rings. The molecule has 2 N–H and O–H groups in total. The quantitative estimate of drug-likeness (QED) is 0.690.